The van der Waals surface area contributed by atoms with Crippen molar-refractivity contribution in [2.75, 3.05) is 25.5 Å². The Kier molecular flexibility index (Phi) is 9.88. The van der Waals surface area contributed by atoms with Crippen LogP contribution in [0.15, 0.2) is 36.5 Å². The van der Waals surface area contributed by atoms with Gasteiger partial charge in [-0.25, -0.2) is 0 Å². The van der Waals surface area contributed by atoms with E-state index in [0.717, 1.165) is 31.5 Å². The molecule has 0 atom stereocenters. The highest BCUT2D eigenvalue weighted by molar-refractivity contribution is 5.93. The van der Waals surface area contributed by atoms with Gasteiger partial charge in [-0.3, -0.25) is 14.6 Å². The number of piperidine rings is 1. The van der Waals surface area contributed by atoms with Gasteiger partial charge in [0.05, 0.1) is 0 Å². The van der Waals surface area contributed by atoms with Gasteiger partial charge in [-0.15, -0.1) is 24.8 Å². The molecule has 2 amide bonds. The summed E-state index contributed by atoms with van der Waals surface area (Å²) in [5.41, 5.74) is 1.90. The summed E-state index contributed by atoms with van der Waals surface area (Å²) in [5.74, 6) is 0.921. The number of hydrogen-bond donors (Lipinski definition) is 3. The van der Waals surface area contributed by atoms with Gasteiger partial charge in [0.25, 0.3) is 5.91 Å². The van der Waals surface area contributed by atoms with Crippen LogP contribution in [-0.2, 0) is 4.79 Å². The predicted molar refractivity (Wildman–Crippen MR) is 118 cm³/mol. The lowest BCUT2D eigenvalue weighted by molar-refractivity contribution is -0.120. The van der Waals surface area contributed by atoms with Gasteiger partial charge in [-0.1, -0.05) is 6.07 Å². The number of carbonyl (C=O) groups is 2. The Balaban J connectivity index is 0.00000210. The fourth-order valence-electron chi connectivity index (χ4n) is 2.97. The minimum absolute atomic E-state index is 0. The molecule has 0 bridgehead atoms. The average Bonchev–Trinajstić information content (AvgIpc) is 2.70. The number of carbonyl (C=O) groups excluding carboxylic acids is 2. The summed E-state index contributed by atoms with van der Waals surface area (Å²) < 4.78 is 5.93. The highest BCUT2D eigenvalue weighted by Crippen LogP contribution is 2.28. The first-order valence-corrected chi connectivity index (χ1v) is 9.05. The zero-order valence-corrected chi connectivity index (χ0v) is 18.0. The van der Waals surface area contributed by atoms with Crippen molar-refractivity contribution in [3.63, 3.8) is 0 Å². The molecule has 158 valence electrons. The van der Waals surface area contributed by atoms with Crippen LogP contribution in [0.2, 0.25) is 0 Å². The number of anilines is 1. The van der Waals surface area contributed by atoms with Crippen molar-refractivity contribution in [2.45, 2.75) is 19.8 Å². The summed E-state index contributed by atoms with van der Waals surface area (Å²) in [4.78, 5) is 28.2. The van der Waals surface area contributed by atoms with Crippen molar-refractivity contribution in [3.05, 3.63) is 47.8 Å². The maximum Gasteiger partial charge on any atom is 0.269 e. The third-order valence-electron chi connectivity index (χ3n) is 4.58. The van der Waals surface area contributed by atoms with Crippen molar-refractivity contribution in [2.24, 2.45) is 5.92 Å². The number of aromatic nitrogens is 1. The number of aryl methyl sites for hydroxylation is 1. The molecule has 0 spiro atoms. The molecule has 3 rings (SSSR count). The van der Waals surface area contributed by atoms with Crippen molar-refractivity contribution in [3.8, 4) is 11.5 Å². The van der Waals surface area contributed by atoms with Crippen molar-refractivity contribution >= 4 is 42.3 Å². The maximum atomic E-state index is 12.4. The van der Waals surface area contributed by atoms with Crippen LogP contribution in [0.5, 0.6) is 11.5 Å². The first kappa shape index (κ1) is 24.7. The number of benzene rings is 1. The van der Waals surface area contributed by atoms with Crippen LogP contribution >= 0.6 is 24.8 Å². The minimum atomic E-state index is -0.278. The fraction of sp³-hybridized carbons (Fsp3) is 0.350. The van der Waals surface area contributed by atoms with Gasteiger partial charge in [0.15, 0.2) is 0 Å². The van der Waals surface area contributed by atoms with Crippen molar-refractivity contribution < 1.29 is 14.3 Å². The molecule has 29 heavy (non-hydrogen) atoms. The maximum absolute atomic E-state index is 12.4. The molecule has 2 aromatic rings. The predicted octanol–water partition coefficient (Wildman–Crippen LogP) is 3.32. The number of nitrogens with one attached hydrogen (secondary N) is 3. The largest absolute Gasteiger partial charge is 0.457 e. The van der Waals surface area contributed by atoms with Gasteiger partial charge in [0.1, 0.15) is 17.2 Å². The molecule has 0 unspecified atom stereocenters. The molecule has 1 fully saturated rings. The molecule has 1 aliphatic heterocycles. The Morgan fingerprint density at radius 3 is 2.55 bits per heavy atom. The first-order valence-electron chi connectivity index (χ1n) is 9.05. The molecule has 0 radical (unpaired) electrons. The Morgan fingerprint density at radius 2 is 1.86 bits per heavy atom. The lowest BCUT2D eigenvalue weighted by Crippen LogP contribution is -2.34. The Labute approximate surface area is 182 Å². The van der Waals surface area contributed by atoms with Crippen LogP contribution < -0.4 is 20.7 Å². The van der Waals surface area contributed by atoms with E-state index in [-0.39, 0.29) is 48.2 Å². The molecule has 7 nitrogen and oxygen atoms in total. The molecule has 1 aromatic carbocycles. The first-order chi connectivity index (χ1) is 13.1. The molecule has 1 saturated heterocycles. The Morgan fingerprint density at radius 1 is 1.14 bits per heavy atom. The second-order valence-corrected chi connectivity index (χ2v) is 6.55. The zero-order valence-electron chi connectivity index (χ0n) is 16.4. The fourth-order valence-corrected chi connectivity index (χ4v) is 2.97. The van der Waals surface area contributed by atoms with E-state index in [1.807, 2.05) is 19.1 Å². The molecular weight excluding hydrogens is 415 g/mol. The topological polar surface area (TPSA) is 92.4 Å². The van der Waals surface area contributed by atoms with Gasteiger partial charge in [-0.2, -0.15) is 0 Å². The normalized spacial score (nSPS) is 13.4. The summed E-state index contributed by atoms with van der Waals surface area (Å²) >= 11 is 0. The third-order valence-corrected chi connectivity index (χ3v) is 4.58. The van der Waals surface area contributed by atoms with Crippen LogP contribution in [0.4, 0.5) is 5.69 Å². The van der Waals surface area contributed by atoms with Gasteiger partial charge in [0.2, 0.25) is 5.91 Å². The van der Waals surface area contributed by atoms with E-state index in [4.69, 9.17) is 4.74 Å². The van der Waals surface area contributed by atoms with Crippen LogP contribution in [0, 0.1) is 12.8 Å². The highest BCUT2D eigenvalue weighted by atomic mass is 35.5. The van der Waals surface area contributed by atoms with E-state index in [1.54, 1.807) is 25.2 Å². The average molecular weight is 441 g/mol. The van der Waals surface area contributed by atoms with Crippen molar-refractivity contribution in [1.82, 2.24) is 15.6 Å². The van der Waals surface area contributed by atoms with Crippen molar-refractivity contribution in [1.29, 1.82) is 0 Å². The van der Waals surface area contributed by atoms with Crippen LogP contribution in [0.1, 0.15) is 28.9 Å². The molecule has 0 aliphatic carbocycles. The van der Waals surface area contributed by atoms with Gasteiger partial charge < -0.3 is 20.7 Å². The summed E-state index contributed by atoms with van der Waals surface area (Å²) in [6, 6.07) is 8.83. The second-order valence-electron chi connectivity index (χ2n) is 6.55. The number of amides is 2. The molecule has 3 N–H and O–H groups in total. The number of pyridine rings is 1. The van der Waals surface area contributed by atoms with Crippen LogP contribution in [-0.4, -0.2) is 36.9 Å². The van der Waals surface area contributed by atoms with Gasteiger partial charge in [-0.05, 0) is 50.6 Å². The number of nitrogens with zero attached hydrogens (tertiary/aromatic N) is 1. The van der Waals surface area contributed by atoms with Gasteiger partial charge >= 0.3 is 0 Å². The quantitative estimate of drug-likeness (QED) is 0.662. The Bertz CT molecular complexity index is 842. The number of hydrogen-bond acceptors (Lipinski definition) is 5. The van der Waals surface area contributed by atoms with Crippen LogP contribution in [0.25, 0.3) is 0 Å². The zero-order chi connectivity index (χ0) is 19.2. The Hall–Kier alpha value is -2.35. The number of ether oxygens (including phenoxy) is 1. The van der Waals surface area contributed by atoms with E-state index >= 15 is 0 Å². The van der Waals surface area contributed by atoms with E-state index in [1.165, 1.54) is 6.20 Å². The molecule has 9 heteroatoms. The van der Waals surface area contributed by atoms with E-state index in [0.29, 0.717) is 17.2 Å². The lowest BCUT2D eigenvalue weighted by Gasteiger charge is -2.22. The second kappa shape index (κ2) is 11.6. The minimum Gasteiger partial charge on any atom is -0.457 e. The monoisotopic (exact) mass is 440 g/mol. The summed E-state index contributed by atoms with van der Waals surface area (Å²) in [5, 5.41) is 8.78. The number of halogens is 2. The summed E-state index contributed by atoms with van der Waals surface area (Å²) in [6.45, 7) is 3.67. The molecule has 1 aromatic heterocycles. The van der Waals surface area contributed by atoms with E-state index in [2.05, 4.69) is 20.9 Å². The van der Waals surface area contributed by atoms with Gasteiger partial charge in [0, 0.05) is 37.0 Å². The summed E-state index contributed by atoms with van der Waals surface area (Å²) in [7, 11) is 1.55. The number of rotatable bonds is 5. The third kappa shape index (κ3) is 6.59. The smallest absolute Gasteiger partial charge is 0.269 e. The molecular formula is C20H26Cl2N4O3. The highest BCUT2D eigenvalue weighted by Gasteiger charge is 2.21. The molecule has 1 aliphatic rings. The standard InChI is InChI=1S/C20H24N4O3.2ClH/c1-13-3-4-15(24-19(25)14-5-8-22-9-6-14)11-18(13)27-16-7-10-23-17(12-16)20(26)21-2;;/h3-4,7,10-12,14,22H,5-6,8-9H2,1-2H3,(H,21,26)(H,24,25);2*1H. The SMILES string of the molecule is CNC(=O)c1cc(Oc2cc(NC(=O)C3CCNCC3)ccc2C)ccn1.Cl.Cl. The molecule has 2 heterocycles. The van der Waals surface area contributed by atoms with Crippen LogP contribution in [0.3, 0.4) is 0 Å². The molecule has 0 saturated carbocycles. The summed E-state index contributed by atoms with van der Waals surface area (Å²) in [6.07, 6.45) is 3.22. The van der Waals surface area contributed by atoms with E-state index in [9.17, 15) is 9.59 Å². The van der Waals surface area contributed by atoms with E-state index < -0.39 is 0 Å². The lowest BCUT2D eigenvalue weighted by atomic mass is 9.97.